The molecule has 0 radical (unpaired) electrons. The largest absolute Gasteiger partial charge is 0.357 e. The van der Waals surface area contributed by atoms with Gasteiger partial charge in [0.2, 0.25) is 0 Å². The maximum absolute atomic E-state index is 4.82. The Bertz CT molecular complexity index is 467. The fraction of sp³-hybridized carbons (Fsp3) is 0.750. The van der Waals surface area contributed by atoms with Gasteiger partial charge >= 0.3 is 0 Å². The molecular weight excluding hydrogens is 389 g/mol. The van der Waals surface area contributed by atoms with Crippen LogP contribution in [-0.4, -0.2) is 46.6 Å². The molecule has 1 aromatic rings. The number of aryl methyl sites for hydroxylation is 1. The normalized spacial score (nSPS) is 19.9. The van der Waals surface area contributed by atoms with E-state index in [1.807, 2.05) is 18.7 Å². The minimum absolute atomic E-state index is 0. The van der Waals surface area contributed by atoms with E-state index < -0.39 is 0 Å². The zero-order chi connectivity index (χ0) is 14.5. The Morgan fingerprint density at radius 3 is 2.82 bits per heavy atom. The van der Waals surface area contributed by atoms with Crippen LogP contribution in [-0.2, 0) is 6.54 Å². The molecule has 5 nitrogen and oxygen atoms in total. The molecule has 3 rings (SSSR count). The predicted molar refractivity (Wildman–Crippen MR) is 101 cm³/mol. The molecule has 1 spiro atoms. The van der Waals surface area contributed by atoms with E-state index in [9.17, 15) is 0 Å². The highest BCUT2D eigenvalue weighted by Gasteiger charge is 2.43. The standard InChI is InChI=1S/C16H27N5.HI/c1-2-18-15(19-8-4-10-20-12-9-17-14-20)21-11-7-16(13-21)5-3-6-16;/h9,12,14H,2-8,10-11,13H2,1H3,(H,18,19);1H. The SMILES string of the molecule is CCNC(=NCCCn1ccnc1)N1CCC2(CCC2)C1.I. The van der Waals surface area contributed by atoms with Crippen molar-refractivity contribution in [3.63, 3.8) is 0 Å². The van der Waals surface area contributed by atoms with Crippen LogP contribution in [0.3, 0.4) is 0 Å². The van der Waals surface area contributed by atoms with Gasteiger partial charge in [0.25, 0.3) is 0 Å². The lowest BCUT2D eigenvalue weighted by Gasteiger charge is -2.38. The van der Waals surface area contributed by atoms with E-state index in [0.29, 0.717) is 5.41 Å². The smallest absolute Gasteiger partial charge is 0.193 e. The van der Waals surface area contributed by atoms with Crippen molar-refractivity contribution in [3.8, 4) is 0 Å². The predicted octanol–water partition coefficient (Wildman–Crippen LogP) is 2.73. The first kappa shape index (κ1) is 17.6. The summed E-state index contributed by atoms with van der Waals surface area (Å²) in [7, 11) is 0. The second-order valence-electron chi connectivity index (χ2n) is 6.41. The Morgan fingerprint density at radius 1 is 1.36 bits per heavy atom. The topological polar surface area (TPSA) is 45.5 Å². The Hall–Kier alpha value is -0.790. The zero-order valence-corrected chi connectivity index (χ0v) is 15.8. The first-order chi connectivity index (χ1) is 10.3. The lowest BCUT2D eigenvalue weighted by molar-refractivity contribution is 0.151. The first-order valence-electron chi connectivity index (χ1n) is 8.30. The summed E-state index contributed by atoms with van der Waals surface area (Å²) in [4.78, 5) is 11.4. The highest BCUT2D eigenvalue weighted by molar-refractivity contribution is 14.0. The summed E-state index contributed by atoms with van der Waals surface area (Å²) in [5.41, 5.74) is 0.632. The molecule has 1 N–H and O–H groups in total. The number of nitrogens with one attached hydrogen (secondary N) is 1. The van der Waals surface area contributed by atoms with Gasteiger partial charge in [0, 0.05) is 45.1 Å². The van der Waals surface area contributed by atoms with E-state index in [0.717, 1.165) is 32.0 Å². The summed E-state index contributed by atoms with van der Waals surface area (Å²) in [6.07, 6.45) is 12.4. The van der Waals surface area contributed by atoms with Crippen molar-refractivity contribution >= 4 is 29.9 Å². The summed E-state index contributed by atoms with van der Waals surface area (Å²) in [6.45, 7) is 7.35. The molecule has 0 bridgehead atoms. The van der Waals surface area contributed by atoms with Crippen molar-refractivity contribution in [2.45, 2.75) is 45.6 Å². The Labute approximate surface area is 150 Å². The zero-order valence-electron chi connectivity index (χ0n) is 13.5. The number of halogens is 1. The highest BCUT2D eigenvalue weighted by Crippen LogP contribution is 2.47. The van der Waals surface area contributed by atoms with E-state index >= 15 is 0 Å². The maximum Gasteiger partial charge on any atom is 0.193 e. The van der Waals surface area contributed by atoms with Gasteiger partial charge in [-0.2, -0.15) is 0 Å². The van der Waals surface area contributed by atoms with Gasteiger partial charge in [-0.1, -0.05) is 6.42 Å². The van der Waals surface area contributed by atoms with Crippen molar-refractivity contribution in [2.75, 3.05) is 26.2 Å². The highest BCUT2D eigenvalue weighted by atomic mass is 127. The van der Waals surface area contributed by atoms with Crippen molar-refractivity contribution in [1.82, 2.24) is 19.8 Å². The van der Waals surface area contributed by atoms with Crippen LogP contribution in [0.25, 0.3) is 0 Å². The van der Waals surface area contributed by atoms with Crippen molar-refractivity contribution < 1.29 is 0 Å². The first-order valence-corrected chi connectivity index (χ1v) is 8.30. The number of hydrogen-bond donors (Lipinski definition) is 1. The number of imidazole rings is 1. The second kappa shape index (κ2) is 8.17. The quantitative estimate of drug-likeness (QED) is 0.347. The Balaban J connectivity index is 0.00000176. The van der Waals surface area contributed by atoms with E-state index in [4.69, 9.17) is 4.99 Å². The van der Waals surface area contributed by atoms with Crippen LogP contribution in [0, 0.1) is 5.41 Å². The van der Waals surface area contributed by atoms with Crippen LogP contribution in [0.1, 0.15) is 39.0 Å². The molecule has 2 aliphatic rings. The number of guanidine groups is 1. The molecule has 1 aliphatic heterocycles. The molecule has 1 saturated carbocycles. The Kier molecular flexibility index (Phi) is 6.52. The number of aromatic nitrogens is 2. The molecule has 1 saturated heterocycles. The lowest BCUT2D eigenvalue weighted by atomic mass is 9.68. The van der Waals surface area contributed by atoms with Gasteiger partial charge in [-0.25, -0.2) is 4.98 Å². The van der Waals surface area contributed by atoms with E-state index in [1.165, 1.54) is 38.8 Å². The van der Waals surface area contributed by atoms with Crippen LogP contribution in [0.15, 0.2) is 23.7 Å². The summed E-state index contributed by atoms with van der Waals surface area (Å²) in [5, 5.41) is 3.46. The molecule has 2 heterocycles. The van der Waals surface area contributed by atoms with E-state index in [2.05, 4.69) is 26.7 Å². The van der Waals surface area contributed by atoms with Crippen molar-refractivity contribution in [3.05, 3.63) is 18.7 Å². The van der Waals surface area contributed by atoms with Crippen LogP contribution in [0.5, 0.6) is 0 Å². The number of nitrogens with zero attached hydrogens (tertiary/aromatic N) is 4. The molecule has 124 valence electrons. The molecule has 1 aromatic heterocycles. The van der Waals surface area contributed by atoms with Crippen LogP contribution in [0.4, 0.5) is 0 Å². The number of likely N-dealkylation sites (tertiary alicyclic amines) is 1. The summed E-state index contributed by atoms with van der Waals surface area (Å²) >= 11 is 0. The van der Waals surface area contributed by atoms with Crippen LogP contribution < -0.4 is 5.32 Å². The Morgan fingerprint density at radius 2 is 2.23 bits per heavy atom. The third kappa shape index (κ3) is 4.14. The van der Waals surface area contributed by atoms with Gasteiger partial charge in [-0.15, -0.1) is 24.0 Å². The lowest BCUT2D eigenvalue weighted by Crippen LogP contribution is -2.42. The molecule has 0 amide bonds. The number of aliphatic imine (C=N–C) groups is 1. The monoisotopic (exact) mass is 417 g/mol. The van der Waals surface area contributed by atoms with Gasteiger partial charge in [-0.05, 0) is 38.0 Å². The molecule has 6 heteroatoms. The van der Waals surface area contributed by atoms with Gasteiger partial charge in [0.1, 0.15) is 0 Å². The van der Waals surface area contributed by atoms with Gasteiger partial charge < -0.3 is 14.8 Å². The maximum atomic E-state index is 4.82. The number of rotatable bonds is 5. The fourth-order valence-electron chi connectivity index (χ4n) is 3.48. The number of hydrogen-bond acceptors (Lipinski definition) is 2. The van der Waals surface area contributed by atoms with Crippen molar-refractivity contribution in [1.29, 1.82) is 0 Å². The van der Waals surface area contributed by atoms with Crippen molar-refractivity contribution in [2.24, 2.45) is 10.4 Å². The average molecular weight is 417 g/mol. The third-order valence-corrected chi connectivity index (χ3v) is 4.88. The average Bonchev–Trinajstić information content (AvgIpc) is 3.10. The molecule has 0 atom stereocenters. The molecular formula is C16H28IN5. The molecule has 2 fully saturated rings. The van der Waals surface area contributed by atoms with Gasteiger partial charge in [0.05, 0.1) is 6.33 Å². The second-order valence-corrected chi connectivity index (χ2v) is 6.41. The van der Waals surface area contributed by atoms with Crippen LogP contribution in [0.2, 0.25) is 0 Å². The van der Waals surface area contributed by atoms with Gasteiger partial charge in [0.15, 0.2) is 5.96 Å². The third-order valence-electron chi connectivity index (χ3n) is 4.88. The van der Waals surface area contributed by atoms with E-state index in [-0.39, 0.29) is 24.0 Å². The molecule has 0 aromatic carbocycles. The summed E-state index contributed by atoms with van der Waals surface area (Å²) in [6, 6.07) is 0. The van der Waals surface area contributed by atoms with Crippen LogP contribution >= 0.6 is 24.0 Å². The molecule has 1 aliphatic carbocycles. The van der Waals surface area contributed by atoms with Gasteiger partial charge in [-0.3, -0.25) is 4.99 Å². The summed E-state index contributed by atoms with van der Waals surface area (Å²) < 4.78 is 2.11. The molecule has 0 unspecified atom stereocenters. The minimum Gasteiger partial charge on any atom is -0.357 e. The minimum atomic E-state index is 0. The van der Waals surface area contributed by atoms with E-state index in [1.54, 1.807) is 0 Å². The molecule has 22 heavy (non-hydrogen) atoms. The summed E-state index contributed by atoms with van der Waals surface area (Å²) in [5.74, 6) is 1.12. The fourth-order valence-corrected chi connectivity index (χ4v) is 3.48.